The van der Waals surface area contributed by atoms with Crippen LogP contribution in [-0.2, 0) is 0 Å². The lowest BCUT2D eigenvalue weighted by Crippen LogP contribution is -1.82. The Bertz CT molecular complexity index is 971. The van der Waals surface area contributed by atoms with Crippen molar-refractivity contribution in [1.82, 2.24) is 0 Å². The summed E-state index contributed by atoms with van der Waals surface area (Å²) < 4.78 is 0. The smallest absolute Gasteiger partial charge is 0.0491 e. The van der Waals surface area contributed by atoms with Crippen LogP contribution in [0.2, 0.25) is 10.0 Å². The second-order valence-corrected chi connectivity index (χ2v) is 5.71. The van der Waals surface area contributed by atoms with Crippen LogP contribution >= 0.6 is 23.2 Å². The third-order valence-corrected chi connectivity index (χ3v) is 4.44. The lowest BCUT2D eigenvalue weighted by atomic mass is 9.97. The highest BCUT2D eigenvalue weighted by Gasteiger charge is 2.09. The molecule has 0 amide bonds. The predicted molar refractivity (Wildman–Crippen MR) is 89.0 cm³/mol. The first-order valence-corrected chi connectivity index (χ1v) is 7.19. The summed E-state index contributed by atoms with van der Waals surface area (Å²) in [6.45, 7) is 0. The molecule has 0 spiro atoms. The maximum Gasteiger partial charge on any atom is 0.0491 e. The second-order valence-electron chi connectivity index (χ2n) is 4.90. The lowest BCUT2D eigenvalue weighted by molar-refractivity contribution is 1.77. The van der Waals surface area contributed by atoms with Crippen molar-refractivity contribution < 1.29 is 0 Å². The summed E-state index contributed by atoms with van der Waals surface area (Å²) in [6, 6.07) is 20.5. The molecule has 96 valence electrons. The van der Waals surface area contributed by atoms with Gasteiger partial charge in [0.05, 0.1) is 0 Å². The molecule has 0 radical (unpaired) electrons. The molecular weight excluding hydrogens is 287 g/mol. The normalized spacial score (nSPS) is 11.5. The maximum atomic E-state index is 6.40. The molecule has 4 aromatic rings. The van der Waals surface area contributed by atoms with Gasteiger partial charge in [-0.3, -0.25) is 0 Å². The predicted octanol–water partition coefficient (Wildman–Crippen LogP) is 6.45. The Kier molecular flexibility index (Phi) is 2.63. The van der Waals surface area contributed by atoms with Gasteiger partial charge in [0.2, 0.25) is 0 Å². The molecule has 0 heterocycles. The monoisotopic (exact) mass is 296 g/mol. The Morgan fingerprint density at radius 2 is 1.20 bits per heavy atom. The van der Waals surface area contributed by atoms with Crippen LogP contribution in [0.25, 0.3) is 32.3 Å². The van der Waals surface area contributed by atoms with Gasteiger partial charge in [0.25, 0.3) is 0 Å². The zero-order valence-corrected chi connectivity index (χ0v) is 12.0. The molecule has 4 aromatic carbocycles. The maximum absolute atomic E-state index is 6.40. The van der Waals surface area contributed by atoms with E-state index in [1.165, 1.54) is 16.2 Å². The van der Waals surface area contributed by atoms with Gasteiger partial charge in [-0.2, -0.15) is 0 Å². The molecule has 0 unspecified atom stereocenters. The van der Waals surface area contributed by atoms with Crippen LogP contribution in [0.4, 0.5) is 0 Å². The molecule has 0 aliphatic carbocycles. The van der Waals surface area contributed by atoms with E-state index in [1.54, 1.807) is 0 Å². The SMILES string of the molecule is Clc1ccc(Cl)c2c1ccc1c3ccccc3ccc12. The first-order valence-electron chi connectivity index (χ1n) is 6.44. The topological polar surface area (TPSA) is 0 Å². The van der Waals surface area contributed by atoms with Crippen molar-refractivity contribution in [2.75, 3.05) is 0 Å². The van der Waals surface area contributed by atoms with E-state index < -0.39 is 0 Å². The van der Waals surface area contributed by atoms with Gasteiger partial charge in [0.1, 0.15) is 0 Å². The minimum absolute atomic E-state index is 0.736. The highest BCUT2D eigenvalue weighted by molar-refractivity contribution is 6.42. The van der Waals surface area contributed by atoms with E-state index in [4.69, 9.17) is 23.2 Å². The van der Waals surface area contributed by atoms with Crippen molar-refractivity contribution in [3.8, 4) is 0 Å². The van der Waals surface area contributed by atoms with Crippen molar-refractivity contribution in [2.24, 2.45) is 0 Å². The van der Waals surface area contributed by atoms with Crippen LogP contribution in [0.5, 0.6) is 0 Å². The largest absolute Gasteiger partial charge is 0.0837 e. The van der Waals surface area contributed by atoms with E-state index in [-0.39, 0.29) is 0 Å². The standard InChI is InChI=1S/C18H10Cl2/c19-16-9-10-17(20)18-14-6-5-11-3-1-2-4-12(11)13(14)7-8-15(16)18/h1-10H. The molecule has 4 rings (SSSR count). The summed E-state index contributed by atoms with van der Waals surface area (Å²) in [4.78, 5) is 0. The van der Waals surface area contributed by atoms with Crippen molar-refractivity contribution in [1.29, 1.82) is 0 Å². The third-order valence-electron chi connectivity index (χ3n) is 3.80. The van der Waals surface area contributed by atoms with Gasteiger partial charge >= 0.3 is 0 Å². The number of hydrogen-bond donors (Lipinski definition) is 0. The summed E-state index contributed by atoms with van der Waals surface area (Å²) >= 11 is 12.7. The first-order chi connectivity index (χ1) is 9.75. The quantitative estimate of drug-likeness (QED) is 0.327. The highest BCUT2D eigenvalue weighted by Crippen LogP contribution is 2.37. The van der Waals surface area contributed by atoms with Crippen LogP contribution in [-0.4, -0.2) is 0 Å². The molecule has 0 saturated heterocycles. The summed E-state index contributed by atoms with van der Waals surface area (Å²) in [5.41, 5.74) is 0. The number of benzene rings is 4. The summed E-state index contributed by atoms with van der Waals surface area (Å²) in [5, 5.41) is 8.34. The van der Waals surface area contributed by atoms with E-state index >= 15 is 0 Å². The fourth-order valence-corrected chi connectivity index (χ4v) is 3.35. The number of rotatable bonds is 0. The minimum Gasteiger partial charge on any atom is -0.0837 e. The third kappa shape index (κ3) is 1.62. The molecular formula is C18H10Cl2. The van der Waals surface area contributed by atoms with E-state index in [0.29, 0.717) is 0 Å². The van der Waals surface area contributed by atoms with Crippen molar-refractivity contribution in [3.63, 3.8) is 0 Å². The fraction of sp³-hybridized carbons (Fsp3) is 0. The Morgan fingerprint density at radius 1 is 0.500 bits per heavy atom. The summed E-state index contributed by atoms with van der Waals surface area (Å²) in [6.07, 6.45) is 0. The van der Waals surface area contributed by atoms with Gasteiger partial charge in [-0.05, 0) is 33.7 Å². The Balaban J connectivity index is 2.32. The summed E-state index contributed by atoms with van der Waals surface area (Å²) in [5.74, 6) is 0. The molecule has 2 heteroatoms. The van der Waals surface area contributed by atoms with Crippen molar-refractivity contribution >= 4 is 55.5 Å². The van der Waals surface area contributed by atoms with E-state index in [1.807, 2.05) is 12.1 Å². The van der Waals surface area contributed by atoms with Gasteiger partial charge in [0, 0.05) is 20.8 Å². The number of fused-ring (bicyclic) bond motifs is 5. The zero-order valence-electron chi connectivity index (χ0n) is 10.5. The van der Waals surface area contributed by atoms with Gasteiger partial charge in [0.15, 0.2) is 0 Å². The van der Waals surface area contributed by atoms with Gasteiger partial charge < -0.3 is 0 Å². The van der Waals surface area contributed by atoms with E-state index in [9.17, 15) is 0 Å². The van der Waals surface area contributed by atoms with Gasteiger partial charge in [-0.25, -0.2) is 0 Å². The highest BCUT2D eigenvalue weighted by atomic mass is 35.5. The molecule has 0 bridgehead atoms. The fourth-order valence-electron chi connectivity index (χ4n) is 2.86. The van der Waals surface area contributed by atoms with Crippen molar-refractivity contribution in [3.05, 3.63) is 70.7 Å². The van der Waals surface area contributed by atoms with Gasteiger partial charge in [-0.1, -0.05) is 71.7 Å². The van der Waals surface area contributed by atoms with Gasteiger partial charge in [-0.15, -0.1) is 0 Å². The second kappa shape index (κ2) is 4.37. The molecule has 0 aromatic heterocycles. The first kappa shape index (κ1) is 12.0. The minimum atomic E-state index is 0.736. The van der Waals surface area contributed by atoms with Crippen LogP contribution < -0.4 is 0 Å². The molecule has 0 aliphatic heterocycles. The lowest BCUT2D eigenvalue weighted by Gasteiger charge is -2.09. The molecule has 20 heavy (non-hydrogen) atoms. The van der Waals surface area contributed by atoms with E-state index in [0.717, 1.165) is 26.2 Å². The Labute approximate surface area is 126 Å². The van der Waals surface area contributed by atoms with E-state index in [2.05, 4.69) is 48.5 Å². The Morgan fingerprint density at radius 3 is 2.10 bits per heavy atom. The molecule has 0 saturated carbocycles. The van der Waals surface area contributed by atoms with Crippen LogP contribution in [0, 0.1) is 0 Å². The zero-order chi connectivity index (χ0) is 13.7. The number of hydrogen-bond acceptors (Lipinski definition) is 0. The molecule has 0 aliphatic rings. The molecule has 0 fully saturated rings. The van der Waals surface area contributed by atoms with Crippen molar-refractivity contribution in [2.45, 2.75) is 0 Å². The molecule has 0 N–H and O–H groups in total. The molecule has 0 atom stereocenters. The average molecular weight is 297 g/mol. The number of halogens is 2. The van der Waals surface area contributed by atoms with Crippen LogP contribution in [0.1, 0.15) is 0 Å². The summed E-state index contributed by atoms with van der Waals surface area (Å²) in [7, 11) is 0. The van der Waals surface area contributed by atoms with Crippen LogP contribution in [0.15, 0.2) is 60.7 Å². The Hall–Kier alpha value is -1.76. The average Bonchev–Trinajstić information content (AvgIpc) is 2.50. The van der Waals surface area contributed by atoms with Crippen LogP contribution in [0.3, 0.4) is 0 Å². The molecule has 0 nitrogen and oxygen atoms in total.